The minimum absolute atomic E-state index is 0.00706. The van der Waals surface area contributed by atoms with Crippen LogP contribution in [0.15, 0.2) is 18.2 Å². The Bertz CT molecular complexity index is 402. The Balaban J connectivity index is 2.70. The molecule has 0 unspecified atom stereocenters. The monoisotopic (exact) mass is 233 g/mol. The second-order valence-corrected chi connectivity index (χ2v) is 3.30. The summed E-state index contributed by atoms with van der Waals surface area (Å²) in [6.07, 6.45) is -4.43. The second kappa shape index (κ2) is 4.42. The highest BCUT2D eigenvalue weighted by molar-refractivity contribution is 5.94. The smallest absolute Gasteiger partial charge is 0.405 e. The molecule has 1 aromatic rings. The van der Waals surface area contributed by atoms with Crippen LogP contribution in [0.2, 0.25) is 0 Å². The number of benzene rings is 1. The van der Waals surface area contributed by atoms with E-state index in [0.29, 0.717) is 5.56 Å². The first-order chi connectivity index (χ1) is 7.29. The minimum atomic E-state index is -4.43. The number of aromatic hydroxyl groups is 1. The molecule has 88 valence electrons. The number of halogens is 3. The molecule has 0 bridgehead atoms. The van der Waals surface area contributed by atoms with Crippen molar-refractivity contribution in [2.24, 2.45) is 0 Å². The lowest BCUT2D eigenvalue weighted by Crippen LogP contribution is -2.33. The molecule has 0 aromatic heterocycles. The summed E-state index contributed by atoms with van der Waals surface area (Å²) in [6.45, 7) is 0.182. The number of hydrogen-bond donors (Lipinski definition) is 2. The number of hydrogen-bond acceptors (Lipinski definition) is 2. The fourth-order valence-electron chi connectivity index (χ4n) is 1.08. The van der Waals surface area contributed by atoms with Crippen LogP contribution in [0.3, 0.4) is 0 Å². The van der Waals surface area contributed by atoms with Crippen LogP contribution in [0.25, 0.3) is 0 Å². The van der Waals surface area contributed by atoms with Gasteiger partial charge in [-0.2, -0.15) is 13.2 Å². The normalized spacial score (nSPS) is 11.2. The summed E-state index contributed by atoms with van der Waals surface area (Å²) in [6, 6.07) is 3.84. The summed E-state index contributed by atoms with van der Waals surface area (Å²) in [7, 11) is 0. The highest BCUT2D eigenvalue weighted by Gasteiger charge is 2.27. The lowest BCUT2D eigenvalue weighted by molar-refractivity contribution is -0.123. The number of rotatable bonds is 2. The van der Waals surface area contributed by atoms with Crippen molar-refractivity contribution in [3.05, 3.63) is 29.3 Å². The van der Waals surface area contributed by atoms with Gasteiger partial charge in [0.05, 0.1) is 0 Å². The number of phenolic OH excluding ortho intramolecular Hbond substituents is 1. The van der Waals surface area contributed by atoms with Crippen molar-refractivity contribution in [1.29, 1.82) is 0 Å². The molecule has 0 aliphatic carbocycles. The highest BCUT2D eigenvalue weighted by Crippen LogP contribution is 2.17. The predicted molar refractivity (Wildman–Crippen MR) is 51.2 cm³/mol. The van der Waals surface area contributed by atoms with E-state index >= 15 is 0 Å². The third kappa shape index (κ3) is 3.45. The van der Waals surface area contributed by atoms with Gasteiger partial charge in [0.15, 0.2) is 0 Å². The van der Waals surface area contributed by atoms with Gasteiger partial charge in [-0.15, -0.1) is 0 Å². The van der Waals surface area contributed by atoms with E-state index in [1.807, 2.05) is 0 Å². The van der Waals surface area contributed by atoms with Crippen molar-refractivity contribution >= 4 is 5.91 Å². The zero-order valence-corrected chi connectivity index (χ0v) is 8.43. The Morgan fingerprint density at radius 2 is 2.06 bits per heavy atom. The van der Waals surface area contributed by atoms with Gasteiger partial charge in [-0.25, -0.2) is 0 Å². The molecule has 2 N–H and O–H groups in total. The van der Waals surface area contributed by atoms with Crippen LogP contribution in [-0.2, 0) is 0 Å². The molecule has 1 amide bonds. The average Bonchev–Trinajstić information content (AvgIpc) is 2.17. The maximum Gasteiger partial charge on any atom is 0.405 e. The van der Waals surface area contributed by atoms with Gasteiger partial charge in [-0.1, -0.05) is 0 Å². The zero-order chi connectivity index (χ0) is 12.3. The number of nitrogens with one attached hydrogen (secondary N) is 1. The summed E-state index contributed by atoms with van der Waals surface area (Å²) < 4.78 is 35.5. The lowest BCUT2D eigenvalue weighted by Gasteiger charge is -2.08. The van der Waals surface area contributed by atoms with Crippen molar-refractivity contribution in [2.75, 3.05) is 6.54 Å². The topological polar surface area (TPSA) is 49.3 Å². The quantitative estimate of drug-likeness (QED) is 0.820. The molecule has 6 heteroatoms. The molecule has 0 atom stereocenters. The molecule has 0 aliphatic heterocycles. The number of amides is 1. The Hall–Kier alpha value is -1.72. The molecular weight excluding hydrogens is 223 g/mol. The molecule has 1 rings (SSSR count). The molecule has 0 saturated heterocycles. The fraction of sp³-hybridized carbons (Fsp3) is 0.300. The fourth-order valence-corrected chi connectivity index (χ4v) is 1.08. The molecule has 0 saturated carbocycles. The molecular formula is C10H10F3NO2. The molecule has 0 radical (unpaired) electrons. The van der Waals surface area contributed by atoms with Gasteiger partial charge in [0.25, 0.3) is 5.91 Å². The van der Waals surface area contributed by atoms with Crippen LogP contribution in [0.1, 0.15) is 15.9 Å². The minimum Gasteiger partial charge on any atom is -0.508 e. The molecule has 0 spiro atoms. The zero-order valence-electron chi connectivity index (χ0n) is 8.43. The van der Waals surface area contributed by atoms with E-state index in [0.717, 1.165) is 0 Å². The first-order valence-corrected chi connectivity index (χ1v) is 4.44. The summed E-state index contributed by atoms with van der Waals surface area (Å²) in [4.78, 5) is 11.3. The molecule has 1 aromatic carbocycles. The van der Waals surface area contributed by atoms with Crippen molar-refractivity contribution < 1.29 is 23.1 Å². The van der Waals surface area contributed by atoms with Gasteiger partial charge in [0.1, 0.15) is 12.3 Å². The third-order valence-electron chi connectivity index (χ3n) is 1.91. The Morgan fingerprint density at radius 3 is 2.56 bits per heavy atom. The lowest BCUT2D eigenvalue weighted by atomic mass is 10.1. The van der Waals surface area contributed by atoms with Crippen LogP contribution in [0.4, 0.5) is 13.2 Å². The third-order valence-corrected chi connectivity index (χ3v) is 1.91. The van der Waals surface area contributed by atoms with Crippen molar-refractivity contribution in [3.8, 4) is 5.75 Å². The molecule has 0 heterocycles. The van der Waals surface area contributed by atoms with Crippen LogP contribution in [-0.4, -0.2) is 23.7 Å². The van der Waals surface area contributed by atoms with Gasteiger partial charge in [0.2, 0.25) is 0 Å². The summed E-state index contributed by atoms with van der Waals surface area (Å²) >= 11 is 0. The maximum absolute atomic E-state index is 11.8. The van der Waals surface area contributed by atoms with Crippen LogP contribution >= 0.6 is 0 Å². The average molecular weight is 233 g/mol. The molecule has 3 nitrogen and oxygen atoms in total. The Labute approximate surface area is 89.9 Å². The van der Waals surface area contributed by atoms with Gasteiger partial charge in [-0.3, -0.25) is 4.79 Å². The second-order valence-electron chi connectivity index (χ2n) is 3.30. The van der Waals surface area contributed by atoms with Crippen LogP contribution in [0, 0.1) is 6.92 Å². The van der Waals surface area contributed by atoms with E-state index in [1.54, 1.807) is 12.2 Å². The van der Waals surface area contributed by atoms with Gasteiger partial charge < -0.3 is 10.4 Å². The summed E-state index contributed by atoms with van der Waals surface area (Å²) in [5, 5.41) is 10.9. The molecule has 16 heavy (non-hydrogen) atoms. The highest BCUT2D eigenvalue weighted by atomic mass is 19.4. The first kappa shape index (κ1) is 12.4. The predicted octanol–water partition coefficient (Wildman–Crippen LogP) is 1.99. The number of carbonyl (C=O) groups excluding carboxylic acids is 1. The van der Waals surface area contributed by atoms with E-state index in [2.05, 4.69) is 0 Å². The Kier molecular flexibility index (Phi) is 3.41. The summed E-state index contributed by atoms with van der Waals surface area (Å²) in [5.41, 5.74) is 0.513. The van der Waals surface area contributed by atoms with E-state index in [1.165, 1.54) is 18.2 Å². The van der Waals surface area contributed by atoms with Crippen LogP contribution in [0.5, 0.6) is 5.75 Å². The standard InChI is InChI=1S/C10H10F3NO2/c1-6-4-7(2-3-8(6)15)9(16)14-5-10(11,12)13/h2-4,15H,5H2,1H3,(H,14,16). The van der Waals surface area contributed by atoms with Crippen molar-refractivity contribution in [1.82, 2.24) is 5.32 Å². The van der Waals surface area contributed by atoms with E-state index in [-0.39, 0.29) is 11.3 Å². The largest absolute Gasteiger partial charge is 0.508 e. The molecule has 0 fully saturated rings. The number of carbonyl (C=O) groups is 1. The number of alkyl halides is 3. The van der Waals surface area contributed by atoms with Gasteiger partial charge in [-0.05, 0) is 30.7 Å². The molecule has 0 aliphatic rings. The first-order valence-electron chi connectivity index (χ1n) is 4.44. The van der Waals surface area contributed by atoms with E-state index < -0.39 is 18.6 Å². The van der Waals surface area contributed by atoms with Crippen molar-refractivity contribution in [3.63, 3.8) is 0 Å². The summed E-state index contributed by atoms with van der Waals surface area (Å²) in [5.74, 6) is -0.826. The van der Waals surface area contributed by atoms with E-state index in [9.17, 15) is 23.1 Å². The Morgan fingerprint density at radius 1 is 1.44 bits per heavy atom. The van der Waals surface area contributed by atoms with E-state index in [4.69, 9.17) is 0 Å². The van der Waals surface area contributed by atoms with Crippen molar-refractivity contribution in [2.45, 2.75) is 13.1 Å². The SMILES string of the molecule is Cc1cc(C(=O)NCC(F)(F)F)ccc1O. The van der Waals surface area contributed by atoms with Gasteiger partial charge in [0, 0.05) is 5.56 Å². The maximum atomic E-state index is 11.8. The number of phenols is 1. The van der Waals surface area contributed by atoms with Gasteiger partial charge >= 0.3 is 6.18 Å². The van der Waals surface area contributed by atoms with Crippen LogP contribution < -0.4 is 5.32 Å². The number of aryl methyl sites for hydroxylation is 1.